The highest BCUT2D eigenvalue weighted by atomic mass is 28.4. The zero-order valence-corrected chi connectivity index (χ0v) is 13.1. The molecule has 1 aliphatic rings. The van der Waals surface area contributed by atoms with Gasteiger partial charge in [0.05, 0.1) is 0 Å². The summed E-state index contributed by atoms with van der Waals surface area (Å²) in [5.41, 5.74) is 0. The Hall–Kier alpha value is 0.137. The second-order valence-corrected chi connectivity index (χ2v) is 9.19. The molecule has 0 aromatic rings. The zero-order chi connectivity index (χ0) is 12.7. The molecule has 0 bridgehead atoms. The molecule has 1 rings (SSSR count). The molecule has 1 aliphatic carbocycles. The van der Waals surface area contributed by atoms with Gasteiger partial charge in [-0.25, -0.2) is 0 Å². The van der Waals surface area contributed by atoms with Crippen LogP contribution in [0.15, 0.2) is 0 Å². The molecule has 0 saturated heterocycles. The Bertz CT molecular complexity index is 198. The molecule has 102 valence electrons. The van der Waals surface area contributed by atoms with Gasteiger partial charge in [0.15, 0.2) is 0 Å². The van der Waals surface area contributed by atoms with E-state index in [0.717, 1.165) is 17.9 Å². The van der Waals surface area contributed by atoms with Crippen molar-refractivity contribution in [3.05, 3.63) is 0 Å². The van der Waals surface area contributed by atoms with Crippen LogP contribution >= 0.6 is 0 Å². The predicted molar refractivity (Wildman–Crippen MR) is 75.4 cm³/mol. The Labute approximate surface area is 108 Å². The van der Waals surface area contributed by atoms with Gasteiger partial charge in [0.2, 0.25) is 0 Å². The lowest BCUT2D eigenvalue weighted by Crippen LogP contribution is -2.42. The Morgan fingerprint density at radius 1 is 1.12 bits per heavy atom. The fourth-order valence-electron chi connectivity index (χ4n) is 3.30. The van der Waals surface area contributed by atoms with E-state index in [1.807, 2.05) is 14.2 Å². The topological polar surface area (TPSA) is 18.5 Å². The molecule has 0 aliphatic heterocycles. The van der Waals surface area contributed by atoms with Gasteiger partial charge in [-0.2, -0.15) is 0 Å². The van der Waals surface area contributed by atoms with Gasteiger partial charge in [-0.3, -0.25) is 0 Å². The third-order valence-corrected chi connectivity index (χ3v) is 8.48. The van der Waals surface area contributed by atoms with E-state index in [1.54, 1.807) is 0 Å². The maximum absolute atomic E-state index is 5.81. The Balaban J connectivity index is 2.52. The summed E-state index contributed by atoms with van der Waals surface area (Å²) in [6.45, 7) is 4.64. The number of hydrogen-bond donors (Lipinski definition) is 0. The van der Waals surface area contributed by atoms with Gasteiger partial charge in [-0.1, -0.05) is 52.4 Å². The van der Waals surface area contributed by atoms with Crippen LogP contribution in [0.2, 0.25) is 12.1 Å². The largest absolute Gasteiger partial charge is 0.398 e. The monoisotopic (exact) mass is 258 g/mol. The molecule has 0 aromatic carbocycles. The van der Waals surface area contributed by atoms with E-state index in [0.29, 0.717) is 0 Å². The van der Waals surface area contributed by atoms with E-state index in [4.69, 9.17) is 8.85 Å². The highest BCUT2D eigenvalue weighted by molar-refractivity contribution is 6.67. The van der Waals surface area contributed by atoms with Crippen LogP contribution in [0.3, 0.4) is 0 Å². The normalized spacial score (nSPS) is 20.5. The van der Waals surface area contributed by atoms with E-state index < -0.39 is 8.56 Å². The van der Waals surface area contributed by atoms with Gasteiger partial charge in [-0.05, 0) is 23.9 Å². The summed E-state index contributed by atoms with van der Waals surface area (Å²) in [5.74, 6) is 1.69. The van der Waals surface area contributed by atoms with Gasteiger partial charge in [-0.15, -0.1) is 0 Å². The van der Waals surface area contributed by atoms with Crippen LogP contribution in [0.25, 0.3) is 0 Å². The van der Waals surface area contributed by atoms with Crippen LogP contribution < -0.4 is 0 Å². The lowest BCUT2D eigenvalue weighted by Gasteiger charge is -2.34. The van der Waals surface area contributed by atoms with Gasteiger partial charge < -0.3 is 8.85 Å². The van der Waals surface area contributed by atoms with Crippen molar-refractivity contribution < 1.29 is 8.85 Å². The van der Waals surface area contributed by atoms with Crippen LogP contribution in [-0.4, -0.2) is 22.8 Å². The average Bonchev–Trinajstić information content (AvgIpc) is 2.39. The average molecular weight is 258 g/mol. The van der Waals surface area contributed by atoms with Crippen molar-refractivity contribution in [1.29, 1.82) is 0 Å². The number of rotatable bonds is 7. The molecular weight excluding hydrogens is 228 g/mol. The molecule has 0 N–H and O–H groups in total. The van der Waals surface area contributed by atoms with Crippen LogP contribution in [0.5, 0.6) is 0 Å². The molecule has 0 amide bonds. The van der Waals surface area contributed by atoms with Gasteiger partial charge in [0.1, 0.15) is 0 Å². The summed E-state index contributed by atoms with van der Waals surface area (Å²) in [7, 11) is 1.80. The van der Waals surface area contributed by atoms with Crippen molar-refractivity contribution >= 4 is 8.56 Å². The number of hydrogen-bond acceptors (Lipinski definition) is 2. The summed E-state index contributed by atoms with van der Waals surface area (Å²) in [6, 6.07) is 2.32. The van der Waals surface area contributed by atoms with E-state index in [1.165, 1.54) is 44.6 Å². The van der Waals surface area contributed by atoms with E-state index in [-0.39, 0.29) is 0 Å². The summed E-state index contributed by atoms with van der Waals surface area (Å²) in [4.78, 5) is 0. The maximum atomic E-state index is 5.81. The van der Waals surface area contributed by atoms with Crippen LogP contribution in [0.1, 0.15) is 52.4 Å². The highest BCUT2D eigenvalue weighted by Crippen LogP contribution is 2.35. The lowest BCUT2D eigenvalue weighted by atomic mass is 9.82. The maximum Gasteiger partial charge on any atom is 0.337 e. The van der Waals surface area contributed by atoms with Crippen molar-refractivity contribution in [2.24, 2.45) is 11.8 Å². The first-order chi connectivity index (χ1) is 8.17. The van der Waals surface area contributed by atoms with Crippen molar-refractivity contribution in [2.45, 2.75) is 64.5 Å². The molecule has 1 atom stereocenters. The van der Waals surface area contributed by atoms with Crippen molar-refractivity contribution in [3.8, 4) is 0 Å². The molecular formula is C14H30O2Si. The Morgan fingerprint density at radius 3 is 2.18 bits per heavy atom. The van der Waals surface area contributed by atoms with Crippen LogP contribution in [0.4, 0.5) is 0 Å². The molecule has 1 saturated carbocycles. The minimum absolute atomic E-state index is 0.772. The molecule has 0 radical (unpaired) electrons. The fraction of sp³-hybridized carbons (Fsp3) is 1.00. The Morgan fingerprint density at radius 2 is 1.71 bits per heavy atom. The van der Waals surface area contributed by atoms with Crippen LogP contribution in [-0.2, 0) is 8.85 Å². The molecule has 1 fully saturated rings. The molecule has 17 heavy (non-hydrogen) atoms. The summed E-state index contributed by atoms with van der Waals surface area (Å²) in [5, 5.41) is 0. The first kappa shape index (κ1) is 15.2. The van der Waals surface area contributed by atoms with E-state index >= 15 is 0 Å². The molecule has 0 spiro atoms. The minimum Gasteiger partial charge on any atom is -0.398 e. The SMILES string of the molecule is CCC[Si](CC(C)C1CCCCC1)(OC)OC. The molecule has 0 heterocycles. The predicted octanol–water partition coefficient (Wildman–Crippen LogP) is 4.35. The van der Waals surface area contributed by atoms with Crippen molar-refractivity contribution in [2.75, 3.05) is 14.2 Å². The minimum atomic E-state index is -1.89. The smallest absolute Gasteiger partial charge is 0.337 e. The van der Waals surface area contributed by atoms with E-state index in [2.05, 4.69) is 13.8 Å². The summed E-state index contributed by atoms with van der Waals surface area (Å²) >= 11 is 0. The summed E-state index contributed by atoms with van der Waals surface area (Å²) in [6.07, 6.45) is 8.31. The van der Waals surface area contributed by atoms with Crippen LogP contribution in [0, 0.1) is 11.8 Å². The third-order valence-electron chi connectivity index (χ3n) is 4.46. The summed E-state index contributed by atoms with van der Waals surface area (Å²) < 4.78 is 11.6. The first-order valence-corrected chi connectivity index (χ1v) is 9.51. The molecule has 0 aromatic heterocycles. The second kappa shape index (κ2) is 7.55. The Kier molecular flexibility index (Phi) is 6.74. The highest BCUT2D eigenvalue weighted by Gasteiger charge is 2.38. The fourth-order valence-corrected chi connectivity index (χ4v) is 6.49. The molecule has 3 heteroatoms. The first-order valence-electron chi connectivity index (χ1n) is 7.27. The van der Waals surface area contributed by atoms with Crippen molar-refractivity contribution in [3.63, 3.8) is 0 Å². The van der Waals surface area contributed by atoms with E-state index in [9.17, 15) is 0 Å². The quantitative estimate of drug-likeness (QED) is 0.632. The zero-order valence-electron chi connectivity index (χ0n) is 12.1. The van der Waals surface area contributed by atoms with Crippen molar-refractivity contribution in [1.82, 2.24) is 0 Å². The van der Waals surface area contributed by atoms with Gasteiger partial charge >= 0.3 is 8.56 Å². The van der Waals surface area contributed by atoms with Gasteiger partial charge in [0.25, 0.3) is 0 Å². The third kappa shape index (κ3) is 4.38. The second-order valence-electron chi connectivity index (χ2n) is 5.65. The molecule has 1 unspecified atom stereocenters. The lowest BCUT2D eigenvalue weighted by molar-refractivity contribution is 0.212. The molecule has 2 nitrogen and oxygen atoms in total. The standard InChI is InChI=1S/C14H30O2Si/c1-5-11-17(15-3,16-4)12-13(2)14-9-7-6-8-10-14/h13-14H,5-12H2,1-4H3. The van der Waals surface area contributed by atoms with Gasteiger partial charge in [0, 0.05) is 14.2 Å².